The number of aliphatic carboxylic acids is 1. The Kier molecular flexibility index (Phi) is 11.3. The number of carboxylic acid groups (broad SMARTS) is 1. The van der Waals surface area contributed by atoms with Crippen LogP contribution in [0.15, 0.2) is 48.5 Å². The van der Waals surface area contributed by atoms with Crippen molar-refractivity contribution in [3.05, 3.63) is 65.2 Å². The molecule has 1 fully saturated rings. The van der Waals surface area contributed by atoms with Gasteiger partial charge in [-0.2, -0.15) is 0 Å². The molecule has 0 aliphatic carbocycles. The SMILES string of the molecule is C[C@H](CC(=O)N(CC(=O)O)Cc1ccccc1)SS[C@@H](C)COC(=O)Nc1cccc2c1CN(C1CCC(=O)NC1=O)C2=O. The van der Waals surface area contributed by atoms with Crippen LogP contribution in [0.25, 0.3) is 0 Å². The molecule has 2 aromatic carbocycles. The van der Waals surface area contributed by atoms with E-state index in [1.807, 2.05) is 44.2 Å². The molecule has 0 spiro atoms. The number of carbonyl (C=O) groups excluding carboxylic acids is 5. The number of nitrogens with one attached hydrogen (secondary N) is 2. The van der Waals surface area contributed by atoms with Crippen LogP contribution < -0.4 is 10.6 Å². The molecule has 0 saturated carbocycles. The van der Waals surface area contributed by atoms with E-state index in [2.05, 4.69) is 10.6 Å². The molecule has 2 aliphatic rings. The van der Waals surface area contributed by atoms with Gasteiger partial charge in [-0.15, -0.1) is 0 Å². The molecule has 2 aliphatic heterocycles. The molecule has 0 bridgehead atoms. The maximum absolute atomic E-state index is 13.0. The molecule has 0 radical (unpaired) electrons. The van der Waals surface area contributed by atoms with Crippen LogP contribution in [-0.2, 0) is 37.0 Å². The van der Waals surface area contributed by atoms with E-state index < -0.39 is 24.0 Å². The Bertz CT molecular complexity index is 1420. The molecular formula is C30H34N4O8S2. The number of hydrogen-bond donors (Lipinski definition) is 3. The molecule has 5 amide bonds. The highest BCUT2D eigenvalue weighted by Crippen LogP contribution is 2.34. The Balaban J connectivity index is 1.23. The number of amides is 5. The summed E-state index contributed by atoms with van der Waals surface area (Å²) in [6, 6.07) is 13.4. The molecule has 12 nitrogen and oxygen atoms in total. The standard InChI is InChI=1S/C30H34N4O8S2/c1-18(13-26(36)33(16-27(37)38)14-20-7-4-3-5-8-20)43-44-19(2)17-42-30(41)31-23-10-6-9-21-22(23)15-34(29(21)40)24-11-12-25(35)32-28(24)39/h3-10,18-19,24H,11-17H2,1-2H3,(H,31,41)(H,37,38)(H,32,35,39)/t18-,19+,24?/m1/s1. The van der Waals surface area contributed by atoms with E-state index in [1.165, 1.54) is 31.4 Å². The van der Waals surface area contributed by atoms with Crippen molar-refractivity contribution < 1.29 is 38.6 Å². The van der Waals surface area contributed by atoms with E-state index in [0.29, 0.717) is 16.8 Å². The third-order valence-electron chi connectivity index (χ3n) is 7.01. The first-order chi connectivity index (χ1) is 21.0. The first-order valence-corrected chi connectivity index (χ1v) is 16.4. The summed E-state index contributed by atoms with van der Waals surface area (Å²) in [5, 5.41) is 14.0. The van der Waals surface area contributed by atoms with Crippen LogP contribution in [0.4, 0.5) is 10.5 Å². The smallest absolute Gasteiger partial charge is 0.411 e. The number of carbonyl (C=O) groups is 6. The lowest BCUT2D eigenvalue weighted by Crippen LogP contribution is -2.52. The van der Waals surface area contributed by atoms with E-state index in [0.717, 1.165) is 5.56 Å². The summed E-state index contributed by atoms with van der Waals surface area (Å²) in [7, 11) is 2.91. The third-order valence-corrected chi connectivity index (χ3v) is 10.4. The maximum atomic E-state index is 13.0. The molecule has 2 aromatic rings. The molecule has 234 valence electrons. The largest absolute Gasteiger partial charge is 0.480 e. The predicted molar refractivity (Wildman–Crippen MR) is 166 cm³/mol. The Morgan fingerprint density at radius 1 is 1.07 bits per heavy atom. The van der Waals surface area contributed by atoms with Gasteiger partial charge in [0.05, 0.1) is 0 Å². The summed E-state index contributed by atoms with van der Waals surface area (Å²) in [5.74, 6) is -2.55. The van der Waals surface area contributed by atoms with Crippen LogP contribution in [0, 0.1) is 0 Å². The van der Waals surface area contributed by atoms with Gasteiger partial charge in [-0.05, 0) is 31.0 Å². The van der Waals surface area contributed by atoms with Crippen molar-refractivity contribution in [2.24, 2.45) is 0 Å². The van der Waals surface area contributed by atoms with Crippen molar-refractivity contribution in [3.63, 3.8) is 0 Å². The summed E-state index contributed by atoms with van der Waals surface area (Å²) in [5.41, 5.74) is 2.19. The summed E-state index contributed by atoms with van der Waals surface area (Å²) < 4.78 is 5.40. The van der Waals surface area contributed by atoms with Crippen LogP contribution in [0.1, 0.15) is 54.6 Å². The second-order valence-corrected chi connectivity index (χ2v) is 13.8. The molecule has 3 atom stereocenters. The topological polar surface area (TPSA) is 162 Å². The molecule has 4 rings (SSSR count). The Morgan fingerprint density at radius 2 is 1.80 bits per heavy atom. The fourth-order valence-electron chi connectivity index (χ4n) is 4.87. The number of rotatable bonds is 13. The molecule has 14 heteroatoms. The molecule has 3 N–H and O–H groups in total. The number of piperidine rings is 1. The van der Waals surface area contributed by atoms with Gasteiger partial charge in [0.25, 0.3) is 5.91 Å². The minimum Gasteiger partial charge on any atom is -0.480 e. The highest BCUT2D eigenvalue weighted by molar-refractivity contribution is 8.77. The first-order valence-electron chi connectivity index (χ1n) is 14.1. The Hall–Kier alpha value is -4.04. The summed E-state index contributed by atoms with van der Waals surface area (Å²) >= 11 is 0. The highest BCUT2D eigenvalue weighted by atomic mass is 33.1. The number of hydrogen-bond acceptors (Lipinski definition) is 9. The van der Waals surface area contributed by atoms with E-state index in [1.54, 1.807) is 18.2 Å². The number of imide groups is 1. The number of nitrogens with zero attached hydrogens (tertiary/aromatic N) is 2. The zero-order valence-electron chi connectivity index (χ0n) is 24.3. The van der Waals surface area contributed by atoms with E-state index >= 15 is 0 Å². The van der Waals surface area contributed by atoms with Gasteiger partial charge in [-0.1, -0.05) is 64.9 Å². The zero-order valence-corrected chi connectivity index (χ0v) is 25.9. The third kappa shape index (κ3) is 8.76. The lowest BCUT2D eigenvalue weighted by Gasteiger charge is -2.29. The van der Waals surface area contributed by atoms with E-state index in [9.17, 15) is 33.9 Å². The molecule has 1 saturated heterocycles. The van der Waals surface area contributed by atoms with Crippen molar-refractivity contribution in [2.75, 3.05) is 18.5 Å². The van der Waals surface area contributed by atoms with Crippen molar-refractivity contribution >= 4 is 63.0 Å². The van der Waals surface area contributed by atoms with Crippen molar-refractivity contribution in [3.8, 4) is 0 Å². The Labute approximate surface area is 262 Å². The Morgan fingerprint density at radius 3 is 2.50 bits per heavy atom. The minimum atomic E-state index is -1.08. The first kappa shape index (κ1) is 32.9. The predicted octanol–water partition coefficient (Wildman–Crippen LogP) is 3.66. The lowest BCUT2D eigenvalue weighted by molar-refractivity contribution is -0.144. The zero-order chi connectivity index (χ0) is 31.8. The van der Waals surface area contributed by atoms with Crippen LogP contribution in [0.3, 0.4) is 0 Å². The van der Waals surface area contributed by atoms with Gasteiger partial charge in [0.1, 0.15) is 19.2 Å². The van der Waals surface area contributed by atoms with Gasteiger partial charge in [0.2, 0.25) is 17.7 Å². The second kappa shape index (κ2) is 15.1. The quantitative estimate of drug-likeness (QED) is 0.217. The van der Waals surface area contributed by atoms with Crippen molar-refractivity contribution in [1.82, 2.24) is 15.1 Å². The number of carboxylic acids is 1. The molecule has 44 heavy (non-hydrogen) atoms. The van der Waals surface area contributed by atoms with E-state index in [4.69, 9.17) is 4.74 Å². The van der Waals surface area contributed by atoms with Crippen LogP contribution in [0.2, 0.25) is 0 Å². The van der Waals surface area contributed by atoms with Gasteiger partial charge in [0, 0.05) is 53.2 Å². The van der Waals surface area contributed by atoms with E-state index in [-0.39, 0.29) is 73.7 Å². The molecule has 0 aromatic heterocycles. The fraction of sp³-hybridized carbons (Fsp3) is 0.400. The van der Waals surface area contributed by atoms with Crippen LogP contribution >= 0.6 is 21.6 Å². The van der Waals surface area contributed by atoms with Crippen LogP contribution in [-0.4, -0.2) is 80.3 Å². The van der Waals surface area contributed by atoms with Gasteiger partial charge in [-0.25, -0.2) is 4.79 Å². The van der Waals surface area contributed by atoms with Crippen molar-refractivity contribution in [1.29, 1.82) is 0 Å². The lowest BCUT2D eigenvalue weighted by atomic mass is 10.0. The average Bonchev–Trinajstić information content (AvgIpc) is 3.31. The molecule has 1 unspecified atom stereocenters. The number of fused-ring (bicyclic) bond motifs is 1. The minimum absolute atomic E-state index is 0.0830. The van der Waals surface area contributed by atoms with Gasteiger partial charge >= 0.3 is 12.1 Å². The number of anilines is 1. The average molecular weight is 643 g/mol. The van der Waals surface area contributed by atoms with Crippen LogP contribution in [0.5, 0.6) is 0 Å². The summed E-state index contributed by atoms with van der Waals surface area (Å²) in [6.07, 6.45) is -0.158. The summed E-state index contributed by atoms with van der Waals surface area (Å²) in [4.78, 5) is 76.4. The highest BCUT2D eigenvalue weighted by Gasteiger charge is 2.40. The van der Waals surface area contributed by atoms with Gasteiger partial charge in [0.15, 0.2) is 0 Å². The fourth-order valence-corrected chi connectivity index (χ4v) is 7.09. The summed E-state index contributed by atoms with van der Waals surface area (Å²) in [6.45, 7) is 3.79. The van der Waals surface area contributed by atoms with Gasteiger partial charge in [-0.3, -0.25) is 34.6 Å². The monoisotopic (exact) mass is 642 g/mol. The van der Waals surface area contributed by atoms with Crippen molar-refractivity contribution in [2.45, 2.75) is 62.7 Å². The maximum Gasteiger partial charge on any atom is 0.411 e. The number of benzene rings is 2. The molecular weight excluding hydrogens is 608 g/mol. The second-order valence-electron chi connectivity index (χ2n) is 10.6. The number of ether oxygens (including phenoxy) is 1. The van der Waals surface area contributed by atoms with Gasteiger partial charge < -0.3 is 19.6 Å². The molecule has 2 heterocycles. The normalized spacial score (nSPS) is 17.4.